The molecule has 3 aromatic rings. The van der Waals surface area contributed by atoms with E-state index in [0.717, 1.165) is 16.8 Å². The maximum Gasteiger partial charge on any atom is 0.258 e. The average Bonchev–Trinajstić information content (AvgIpc) is 2.66. The smallest absolute Gasteiger partial charge is 0.258 e. The summed E-state index contributed by atoms with van der Waals surface area (Å²) in [5, 5.41) is 8.79. The van der Waals surface area contributed by atoms with E-state index in [9.17, 15) is 9.18 Å². The first-order chi connectivity index (χ1) is 12.7. The van der Waals surface area contributed by atoms with Gasteiger partial charge >= 0.3 is 0 Å². The van der Waals surface area contributed by atoms with Crippen molar-refractivity contribution in [2.75, 3.05) is 6.61 Å². The number of ether oxygens (including phenoxy) is 1. The van der Waals surface area contributed by atoms with Crippen LogP contribution < -0.4 is 10.3 Å². The number of hydrogen-bond donors (Lipinski definition) is 1. The molecule has 2 aromatic carbocycles. The Labute approximate surface area is 150 Å². The third-order valence-electron chi connectivity index (χ3n) is 3.80. The Bertz CT molecular complexity index is 944. The Kier molecular flexibility index (Phi) is 5.61. The predicted octanol–water partition coefficient (Wildman–Crippen LogP) is 3.56. The van der Waals surface area contributed by atoms with E-state index in [1.807, 2.05) is 24.3 Å². The van der Waals surface area contributed by atoms with Crippen molar-refractivity contribution in [2.24, 2.45) is 0 Å². The van der Waals surface area contributed by atoms with Gasteiger partial charge in [-0.3, -0.25) is 9.36 Å². The van der Waals surface area contributed by atoms with Gasteiger partial charge in [-0.05, 0) is 41.5 Å². The van der Waals surface area contributed by atoms with Crippen molar-refractivity contribution in [2.45, 2.75) is 6.61 Å². The Morgan fingerprint density at radius 1 is 1.04 bits per heavy atom. The van der Waals surface area contributed by atoms with Crippen LogP contribution in [0.25, 0.3) is 11.8 Å². The summed E-state index contributed by atoms with van der Waals surface area (Å²) in [6, 6.07) is 16.6. The molecule has 1 aromatic heterocycles. The zero-order chi connectivity index (χ0) is 18.4. The van der Waals surface area contributed by atoms with Gasteiger partial charge in [0.15, 0.2) is 0 Å². The molecule has 0 bridgehead atoms. The molecule has 0 saturated carbocycles. The molecule has 4 nitrogen and oxygen atoms in total. The molecule has 0 fully saturated rings. The summed E-state index contributed by atoms with van der Waals surface area (Å²) < 4.78 is 20.0. The highest BCUT2D eigenvalue weighted by Gasteiger charge is 2.03. The van der Waals surface area contributed by atoms with E-state index in [-0.39, 0.29) is 24.6 Å². The largest absolute Gasteiger partial charge is 0.489 e. The van der Waals surface area contributed by atoms with Crippen LogP contribution in [0.4, 0.5) is 4.39 Å². The standard InChI is InChI=1S/C21H18FNO3/c22-18-7-3-17(4-8-18)15-26-20-11-12-23(21(25)14-20)19-9-5-16(6-10-19)2-1-13-24/h1-12,14,24H,13,15H2. The zero-order valence-electron chi connectivity index (χ0n) is 14.0. The van der Waals surface area contributed by atoms with Crippen LogP contribution in [-0.2, 0) is 6.61 Å². The molecular formula is C21H18FNO3. The van der Waals surface area contributed by atoms with Gasteiger partial charge in [0.05, 0.1) is 6.61 Å². The summed E-state index contributed by atoms with van der Waals surface area (Å²) >= 11 is 0. The van der Waals surface area contributed by atoms with E-state index in [0.29, 0.717) is 5.75 Å². The van der Waals surface area contributed by atoms with E-state index >= 15 is 0 Å². The second-order valence-electron chi connectivity index (χ2n) is 5.66. The molecule has 0 aliphatic rings. The Morgan fingerprint density at radius 3 is 2.42 bits per heavy atom. The van der Waals surface area contributed by atoms with Gasteiger partial charge in [0.2, 0.25) is 0 Å². The fraction of sp³-hybridized carbons (Fsp3) is 0.0952. The number of aliphatic hydroxyl groups excluding tert-OH is 1. The van der Waals surface area contributed by atoms with E-state index in [1.54, 1.807) is 36.5 Å². The number of aromatic nitrogens is 1. The van der Waals surface area contributed by atoms with Gasteiger partial charge in [0.25, 0.3) is 5.56 Å². The fourth-order valence-electron chi connectivity index (χ4n) is 2.45. The highest BCUT2D eigenvalue weighted by molar-refractivity contribution is 5.52. The first kappa shape index (κ1) is 17.6. The first-order valence-corrected chi connectivity index (χ1v) is 8.13. The van der Waals surface area contributed by atoms with E-state index in [1.165, 1.54) is 22.8 Å². The van der Waals surface area contributed by atoms with Gasteiger partial charge in [-0.1, -0.05) is 36.4 Å². The van der Waals surface area contributed by atoms with E-state index in [2.05, 4.69) is 0 Å². The molecule has 26 heavy (non-hydrogen) atoms. The lowest BCUT2D eigenvalue weighted by Crippen LogP contribution is -2.16. The van der Waals surface area contributed by atoms with Gasteiger partial charge < -0.3 is 9.84 Å². The summed E-state index contributed by atoms with van der Waals surface area (Å²) in [6.07, 6.45) is 5.11. The molecule has 5 heteroatoms. The Morgan fingerprint density at radius 2 is 1.77 bits per heavy atom. The lowest BCUT2D eigenvalue weighted by molar-refractivity contribution is 0.305. The van der Waals surface area contributed by atoms with Crippen LogP contribution in [0.5, 0.6) is 5.75 Å². The molecule has 0 spiro atoms. The van der Waals surface area contributed by atoms with E-state index in [4.69, 9.17) is 9.84 Å². The second-order valence-corrected chi connectivity index (χ2v) is 5.66. The monoisotopic (exact) mass is 351 g/mol. The molecule has 0 aliphatic carbocycles. The maximum absolute atomic E-state index is 12.9. The number of aliphatic hydroxyl groups is 1. The van der Waals surface area contributed by atoms with Crippen molar-refractivity contribution >= 4 is 6.08 Å². The van der Waals surface area contributed by atoms with Crippen LogP contribution in [0.2, 0.25) is 0 Å². The number of benzene rings is 2. The molecule has 0 aliphatic heterocycles. The van der Waals surface area contributed by atoms with Crippen LogP contribution in [0, 0.1) is 5.82 Å². The van der Waals surface area contributed by atoms with Gasteiger partial charge in [0, 0.05) is 18.0 Å². The minimum absolute atomic E-state index is 0.0133. The normalized spacial score (nSPS) is 11.0. The summed E-state index contributed by atoms with van der Waals surface area (Å²) in [4.78, 5) is 12.3. The molecule has 0 radical (unpaired) electrons. The average molecular weight is 351 g/mol. The fourth-order valence-corrected chi connectivity index (χ4v) is 2.45. The lowest BCUT2D eigenvalue weighted by Gasteiger charge is -2.09. The SMILES string of the molecule is O=c1cc(OCc2ccc(F)cc2)ccn1-c1ccc(C=CCO)cc1. The van der Waals surface area contributed by atoms with Crippen molar-refractivity contribution in [3.8, 4) is 11.4 Å². The summed E-state index contributed by atoms with van der Waals surface area (Å²) in [5.41, 5.74) is 2.29. The minimum atomic E-state index is -0.297. The molecule has 132 valence electrons. The number of halogens is 1. The summed E-state index contributed by atoms with van der Waals surface area (Å²) in [5.74, 6) is 0.160. The van der Waals surface area contributed by atoms with Crippen LogP contribution in [0.15, 0.2) is 77.7 Å². The van der Waals surface area contributed by atoms with Crippen molar-refractivity contribution in [3.05, 3.63) is 100 Å². The molecule has 3 rings (SSSR count). The molecule has 0 atom stereocenters. The van der Waals surface area contributed by atoms with Crippen LogP contribution in [-0.4, -0.2) is 16.3 Å². The van der Waals surface area contributed by atoms with Crippen molar-refractivity contribution in [1.29, 1.82) is 0 Å². The second kappa shape index (κ2) is 8.27. The van der Waals surface area contributed by atoms with Crippen LogP contribution >= 0.6 is 0 Å². The van der Waals surface area contributed by atoms with E-state index < -0.39 is 0 Å². The molecule has 0 saturated heterocycles. The maximum atomic E-state index is 12.9. The van der Waals surface area contributed by atoms with Crippen LogP contribution in [0.1, 0.15) is 11.1 Å². The number of hydrogen-bond acceptors (Lipinski definition) is 3. The van der Waals surface area contributed by atoms with Gasteiger partial charge in [-0.2, -0.15) is 0 Å². The molecule has 0 amide bonds. The highest BCUT2D eigenvalue weighted by Crippen LogP contribution is 2.14. The van der Waals surface area contributed by atoms with Gasteiger partial charge in [-0.15, -0.1) is 0 Å². The zero-order valence-corrected chi connectivity index (χ0v) is 14.0. The molecule has 1 heterocycles. The Hall–Kier alpha value is -3.18. The molecular weight excluding hydrogens is 333 g/mol. The number of pyridine rings is 1. The van der Waals surface area contributed by atoms with Crippen LogP contribution in [0.3, 0.4) is 0 Å². The minimum Gasteiger partial charge on any atom is -0.489 e. The Balaban J connectivity index is 1.71. The predicted molar refractivity (Wildman–Crippen MR) is 98.9 cm³/mol. The topological polar surface area (TPSA) is 51.5 Å². The van der Waals surface area contributed by atoms with Crippen molar-refractivity contribution in [3.63, 3.8) is 0 Å². The van der Waals surface area contributed by atoms with Crippen molar-refractivity contribution < 1.29 is 14.2 Å². The first-order valence-electron chi connectivity index (χ1n) is 8.13. The number of rotatable bonds is 6. The summed E-state index contributed by atoms with van der Waals surface area (Å²) in [7, 11) is 0. The van der Waals surface area contributed by atoms with Gasteiger partial charge in [-0.25, -0.2) is 4.39 Å². The highest BCUT2D eigenvalue weighted by atomic mass is 19.1. The number of nitrogens with zero attached hydrogens (tertiary/aromatic N) is 1. The third-order valence-corrected chi connectivity index (χ3v) is 3.80. The summed E-state index contributed by atoms with van der Waals surface area (Å²) in [6.45, 7) is 0.246. The quantitative estimate of drug-likeness (QED) is 0.739. The van der Waals surface area contributed by atoms with Gasteiger partial charge in [0.1, 0.15) is 18.2 Å². The lowest BCUT2D eigenvalue weighted by atomic mass is 10.2. The molecule has 1 N–H and O–H groups in total. The third kappa shape index (κ3) is 4.46. The van der Waals surface area contributed by atoms with Crippen molar-refractivity contribution in [1.82, 2.24) is 4.57 Å². The molecule has 0 unspecified atom stereocenters.